The molecule has 10 nitrogen and oxygen atoms in total. The number of Topliss-reactive ketones (excluding diaryl/α,β-unsaturated/α-hetero) is 1. The molecule has 2 aromatic rings. The number of aryl methyl sites for hydroxylation is 1. The first-order valence-corrected chi connectivity index (χ1v) is 14.0. The van der Waals surface area contributed by atoms with E-state index in [0.717, 1.165) is 0 Å². The summed E-state index contributed by atoms with van der Waals surface area (Å²) in [6.07, 6.45) is 0.0974. The van der Waals surface area contributed by atoms with Crippen molar-refractivity contribution in [2.24, 2.45) is 11.8 Å². The van der Waals surface area contributed by atoms with Crippen LogP contribution in [0.2, 0.25) is 5.02 Å². The Kier molecular flexibility index (Phi) is 11.7. The third-order valence-corrected chi connectivity index (χ3v) is 7.03. The highest BCUT2D eigenvalue weighted by Crippen LogP contribution is 2.27. The van der Waals surface area contributed by atoms with Crippen molar-refractivity contribution in [1.82, 2.24) is 16.0 Å². The summed E-state index contributed by atoms with van der Waals surface area (Å²) in [5.41, 5.74) is 0.890. The molecule has 1 saturated heterocycles. The summed E-state index contributed by atoms with van der Waals surface area (Å²) in [4.78, 5) is 64.0. The van der Waals surface area contributed by atoms with Crippen LogP contribution in [0.1, 0.15) is 38.7 Å². The van der Waals surface area contributed by atoms with Crippen molar-refractivity contribution in [2.45, 2.75) is 52.1 Å². The predicted octanol–water partition coefficient (Wildman–Crippen LogP) is 3.33. The average Bonchev–Trinajstić information content (AvgIpc) is 3.36. The van der Waals surface area contributed by atoms with Crippen molar-refractivity contribution in [2.75, 3.05) is 18.5 Å². The number of halogens is 5. The predicted molar refractivity (Wildman–Crippen MR) is 151 cm³/mol. The Morgan fingerprint density at radius 3 is 2.23 bits per heavy atom. The van der Waals surface area contributed by atoms with Crippen LogP contribution in [0.3, 0.4) is 0 Å². The highest BCUT2D eigenvalue weighted by Gasteiger charge is 2.34. The van der Waals surface area contributed by atoms with Gasteiger partial charge in [0.15, 0.2) is 23.2 Å². The summed E-state index contributed by atoms with van der Waals surface area (Å²) in [6, 6.07) is 1.76. The average molecular weight is 643 g/mol. The molecule has 0 unspecified atom stereocenters. The van der Waals surface area contributed by atoms with Crippen molar-refractivity contribution >= 4 is 46.7 Å². The fraction of sp³-hybridized carbons (Fsp3) is 0.414. The Morgan fingerprint density at radius 2 is 1.66 bits per heavy atom. The van der Waals surface area contributed by atoms with E-state index in [1.807, 2.05) is 0 Å². The fourth-order valence-electron chi connectivity index (χ4n) is 4.49. The Morgan fingerprint density at radius 1 is 1.00 bits per heavy atom. The molecule has 2 aromatic carbocycles. The van der Waals surface area contributed by atoms with Crippen LogP contribution in [0.4, 0.5) is 23.2 Å². The van der Waals surface area contributed by atoms with Gasteiger partial charge >= 0.3 is 11.8 Å². The largest absolute Gasteiger partial charge is 0.479 e. The van der Waals surface area contributed by atoms with Crippen LogP contribution in [0, 0.1) is 42.0 Å². The maximum absolute atomic E-state index is 14.1. The molecule has 1 aliphatic heterocycles. The summed E-state index contributed by atoms with van der Waals surface area (Å²) in [5.74, 6) is -14.1. The second-order valence-corrected chi connectivity index (χ2v) is 11.1. The Labute approximate surface area is 255 Å². The Balaban J connectivity index is 1.76. The van der Waals surface area contributed by atoms with E-state index in [4.69, 9.17) is 16.3 Å². The van der Waals surface area contributed by atoms with E-state index in [2.05, 4.69) is 21.3 Å². The number of anilines is 1. The smallest absolute Gasteiger partial charge is 0.313 e. The maximum Gasteiger partial charge on any atom is 0.313 e. The zero-order valence-electron chi connectivity index (χ0n) is 24.0. The molecule has 1 fully saturated rings. The van der Waals surface area contributed by atoms with Gasteiger partial charge in [-0.2, -0.15) is 8.78 Å². The molecule has 3 atom stereocenters. The molecule has 4 amide bonds. The quantitative estimate of drug-likeness (QED) is 0.159. The number of carbonyl (C=O) groups excluding carboxylic acids is 5. The summed E-state index contributed by atoms with van der Waals surface area (Å²) >= 11 is 5.92. The maximum atomic E-state index is 14.1. The first-order chi connectivity index (χ1) is 20.7. The second-order valence-electron chi connectivity index (χ2n) is 10.7. The molecule has 0 aromatic heterocycles. The van der Waals surface area contributed by atoms with Gasteiger partial charge in [-0.05, 0) is 55.9 Å². The number of carbonyl (C=O) groups is 5. The number of benzene rings is 2. The zero-order valence-corrected chi connectivity index (χ0v) is 24.7. The summed E-state index contributed by atoms with van der Waals surface area (Å²) in [5, 5.41) is 10.2. The lowest BCUT2D eigenvalue weighted by Gasteiger charge is -2.25. The fourth-order valence-corrected chi connectivity index (χ4v) is 4.72. The van der Waals surface area contributed by atoms with Gasteiger partial charge in [-0.15, -0.1) is 0 Å². The molecule has 0 bridgehead atoms. The van der Waals surface area contributed by atoms with Crippen LogP contribution in [0.25, 0.3) is 0 Å². The molecule has 0 aliphatic carbocycles. The molecule has 4 N–H and O–H groups in total. The van der Waals surface area contributed by atoms with Gasteiger partial charge in [0.05, 0.1) is 6.04 Å². The number of ether oxygens (including phenoxy) is 1. The molecule has 238 valence electrons. The van der Waals surface area contributed by atoms with Crippen LogP contribution in [-0.4, -0.2) is 54.6 Å². The summed E-state index contributed by atoms with van der Waals surface area (Å²) < 4.78 is 60.1. The highest BCUT2D eigenvalue weighted by atomic mass is 35.5. The normalized spacial score (nSPS) is 15.8. The van der Waals surface area contributed by atoms with E-state index in [-0.39, 0.29) is 24.8 Å². The van der Waals surface area contributed by atoms with Gasteiger partial charge in [0.1, 0.15) is 12.6 Å². The minimum atomic E-state index is -1.86. The van der Waals surface area contributed by atoms with Crippen molar-refractivity contribution in [3.8, 4) is 5.75 Å². The molecule has 1 heterocycles. The molecular weight excluding hydrogens is 612 g/mol. The van der Waals surface area contributed by atoms with Gasteiger partial charge in [0.25, 0.3) is 0 Å². The summed E-state index contributed by atoms with van der Waals surface area (Å²) in [7, 11) is 0. The van der Waals surface area contributed by atoms with Crippen molar-refractivity contribution < 1.29 is 46.3 Å². The van der Waals surface area contributed by atoms with Gasteiger partial charge in [-0.3, -0.25) is 24.0 Å². The lowest BCUT2D eigenvalue weighted by atomic mass is 9.95. The van der Waals surface area contributed by atoms with Crippen LogP contribution in [-0.2, 0) is 24.0 Å². The summed E-state index contributed by atoms with van der Waals surface area (Å²) in [6.45, 7) is 4.32. The first-order valence-electron chi connectivity index (χ1n) is 13.6. The number of hydrogen-bond donors (Lipinski definition) is 4. The number of ketones is 1. The number of rotatable bonds is 12. The van der Waals surface area contributed by atoms with Gasteiger partial charge < -0.3 is 26.0 Å². The molecule has 44 heavy (non-hydrogen) atoms. The van der Waals surface area contributed by atoms with Crippen LogP contribution in [0.5, 0.6) is 5.75 Å². The third kappa shape index (κ3) is 8.91. The lowest BCUT2D eigenvalue weighted by Crippen LogP contribution is -2.54. The second kappa shape index (κ2) is 15.0. The molecule has 0 spiro atoms. The van der Waals surface area contributed by atoms with Gasteiger partial charge in [0.2, 0.25) is 23.4 Å². The topological polar surface area (TPSA) is 143 Å². The Bertz CT molecular complexity index is 1430. The van der Waals surface area contributed by atoms with E-state index >= 15 is 0 Å². The standard InChI is InChI=1S/C29H31ClF4N4O6/c1-13(2)8-21(38-29(43)28(42)36-19-5-4-16(30)9-14(19)3)27(41)37-20(10-15-6-7-35-26(15)40)22(39)12-44-25-23(33)17(31)11-18(32)24(25)34/h4-5,9,11,13,15,20-21H,6-8,10,12H2,1-3H3,(H,35,40)(H,36,42)(H,37,41)(H,38,43)/t15-,20-,21-/m0/s1. The van der Waals surface area contributed by atoms with Crippen molar-refractivity contribution in [1.29, 1.82) is 0 Å². The minimum absolute atomic E-state index is 0.0267. The van der Waals surface area contributed by atoms with E-state index in [1.54, 1.807) is 26.8 Å². The number of amides is 4. The number of nitrogens with one attached hydrogen (secondary N) is 4. The zero-order chi connectivity index (χ0) is 32.7. The van der Waals surface area contributed by atoms with Crippen LogP contribution < -0.4 is 26.0 Å². The van der Waals surface area contributed by atoms with Crippen molar-refractivity contribution in [3.63, 3.8) is 0 Å². The van der Waals surface area contributed by atoms with E-state index in [9.17, 15) is 41.5 Å². The van der Waals surface area contributed by atoms with E-state index in [1.165, 1.54) is 12.1 Å². The van der Waals surface area contributed by atoms with Crippen molar-refractivity contribution in [3.05, 3.63) is 58.1 Å². The third-order valence-electron chi connectivity index (χ3n) is 6.79. The molecule has 0 saturated carbocycles. The molecule has 1 aliphatic rings. The first kappa shape index (κ1) is 34.3. The highest BCUT2D eigenvalue weighted by molar-refractivity contribution is 6.40. The molecule has 3 rings (SSSR count). The van der Waals surface area contributed by atoms with Crippen LogP contribution in [0.15, 0.2) is 24.3 Å². The minimum Gasteiger partial charge on any atom is -0.479 e. The van der Waals surface area contributed by atoms with E-state index < -0.39 is 83.0 Å². The van der Waals surface area contributed by atoms with Crippen LogP contribution >= 0.6 is 11.6 Å². The van der Waals surface area contributed by atoms with E-state index in [0.29, 0.717) is 29.2 Å². The monoisotopic (exact) mass is 642 g/mol. The molecule has 15 heteroatoms. The number of hydrogen-bond acceptors (Lipinski definition) is 6. The molecular formula is C29H31ClF4N4O6. The molecule has 0 radical (unpaired) electrons. The lowest BCUT2D eigenvalue weighted by molar-refractivity contribution is -0.138. The van der Waals surface area contributed by atoms with Gasteiger partial charge in [-0.25, -0.2) is 8.78 Å². The van der Waals surface area contributed by atoms with Gasteiger partial charge in [-0.1, -0.05) is 25.4 Å². The van der Waals surface area contributed by atoms with Gasteiger partial charge in [0, 0.05) is 29.2 Å². The SMILES string of the molecule is Cc1cc(Cl)ccc1NC(=O)C(=O)N[C@@H](CC(C)C)C(=O)N[C@@H](C[C@@H]1CCNC1=O)C(=O)COc1c(F)c(F)cc(F)c1F. The Hall–Kier alpha value is -4.20.